The number of aromatic nitrogens is 2. The van der Waals surface area contributed by atoms with E-state index in [1.807, 2.05) is 41.9 Å². The van der Waals surface area contributed by atoms with E-state index in [2.05, 4.69) is 25.3 Å². The van der Waals surface area contributed by atoms with Crippen LogP contribution in [-0.4, -0.2) is 42.2 Å². The molecule has 0 atom stereocenters. The lowest BCUT2D eigenvalue weighted by molar-refractivity contribution is -0.0504. The fourth-order valence-corrected chi connectivity index (χ4v) is 2.94. The molecular formula is C21H26F2IN5O2. The first kappa shape index (κ1) is 24.6. The minimum Gasteiger partial charge on any atom is -0.497 e. The van der Waals surface area contributed by atoms with Crippen molar-refractivity contribution >= 4 is 35.6 Å². The molecule has 0 bridgehead atoms. The average Bonchev–Trinajstić information content (AvgIpc) is 3.15. The molecule has 3 aromatic rings. The van der Waals surface area contributed by atoms with E-state index in [1.54, 1.807) is 12.1 Å². The largest absolute Gasteiger partial charge is 0.497 e. The zero-order chi connectivity index (χ0) is 21.3. The third kappa shape index (κ3) is 7.23. The summed E-state index contributed by atoms with van der Waals surface area (Å²) in [4.78, 5) is 9.06. The zero-order valence-electron chi connectivity index (χ0n) is 17.3. The van der Waals surface area contributed by atoms with Gasteiger partial charge >= 0.3 is 6.61 Å². The Morgan fingerprint density at radius 3 is 2.77 bits per heavy atom. The van der Waals surface area contributed by atoms with Crippen LogP contribution in [0.25, 0.3) is 5.65 Å². The Hall–Kier alpha value is -2.63. The first-order valence-electron chi connectivity index (χ1n) is 9.65. The van der Waals surface area contributed by atoms with E-state index < -0.39 is 6.61 Å². The summed E-state index contributed by atoms with van der Waals surface area (Å²) in [6.07, 6.45) is 4.66. The highest BCUT2D eigenvalue weighted by atomic mass is 127. The monoisotopic (exact) mass is 545 g/mol. The van der Waals surface area contributed by atoms with Gasteiger partial charge in [-0.05, 0) is 37.3 Å². The van der Waals surface area contributed by atoms with Crippen LogP contribution < -0.4 is 20.1 Å². The zero-order valence-corrected chi connectivity index (χ0v) is 19.7. The van der Waals surface area contributed by atoms with Crippen molar-refractivity contribution in [2.45, 2.75) is 26.5 Å². The topological polar surface area (TPSA) is 72.2 Å². The Kier molecular flexibility index (Phi) is 9.76. The van der Waals surface area contributed by atoms with Crippen LogP contribution in [0, 0.1) is 0 Å². The smallest absolute Gasteiger partial charge is 0.387 e. The van der Waals surface area contributed by atoms with Crippen LogP contribution in [-0.2, 0) is 13.0 Å². The number of pyridine rings is 1. The van der Waals surface area contributed by atoms with Crippen molar-refractivity contribution in [2.75, 3.05) is 20.2 Å². The van der Waals surface area contributed by atoms with Gasteiger partial charge in [-0.2, -0.15) is 8.78 Å². The molecule has 0 amide bonds. The number of guanidine groups is 1. The maximum atomic E-state index is 12.7. The lowest BCUT2D eigenvalue weighted by Crippen LogP contribution is -2.38. The Balaban J connectivity index is 0.00000341. The molecule has 0 saturated carbocycles. The summed E-state index contributed by atoms with van der Waals surface area (Å²) >= 11 is 0. The van der Waals surface area contributed by atoms with Crippen LogP contribution in [0.1, 0.15) is 18.2 Å². The number of methoxy groups -OCH3 is 1. The lowest BCUT2D eigenvalue weighted by atomic mass is 10.2. The number of nitrogens with one attached hydrogen (secondary N) is 2. The van der Waals surface area contributed by atoms with Gasteiger partial charge in [0.05, 0.1) is 19.3 Å². The molecule has 2 N–H and O–H groups in total. The second-order valence-corrected chi connectivity index (χ2v) is 6.42. The second kappa shape index (κ2) is 12.3. The molecule has 0 fully saturated rings. The molecule has 0 unspecified atom stereocenters. The fourth-order valence-electron chi connectivity index (χ4n) is 2.94. The summed E-state index contributed by atoms with van der Waals surface area (Å²) in [5.74, 6) is 1.20. The van der Waals surface area contributed by atoms with Crippen molar-refractivity contribution in [3.8, 4) is 11.5 Å². The fraction of sp³-hybridized carbons (Fsp3) is 0.333. The molecule has 7 nitrogen and oxygen atoms in total. The second-order valence-electron chi connectivity index (χ2n) is 6.42. The quantitative estimate of drug-likeness (QED) is 0.243. The number of benzene rings is 1. The van der Waals surface area contributed by atoms with E-state index >= 15 is 0 Å². The number of alkyl halides is 2. The molecular weight excluding hydrogens is 519 g/mol. The normalized spacial score (nSPS) is 11.3. The molecule has 168 valence electrons. The summed E-state index contributed by atoms with van der Waals surface area (Å²) in [5, 5.41) is 6.39. The van der Waals surface area contributed by atoms with E-state index in [0.717, 1.165) is 11.3 Å². The van der Waals surface area contributed by atoms with Gasteiger partial charge in [-0.1, -0.05) is 6.07 Å². The van der Waals surface area contributed by atoms with Gasteiger partial charge in [0.25, 0.3) is 0 Å². The van der Waals surface area contributed by atoms with Crippen LogP contribution in [0.15, 0.2) is 53.8 Å². The molecule has 0 aliphatic heterocycles. The van der Waals surface area contributed by atoms with E-state index in [0.29, 0.717) is 36.8 Å². The Morgan fingerprint density at radius 2 is 2.06 bits per heavy atom. The van der Waals surface area contributed by atoms with Gasteiger partial charge < -0.3 is 24.5 Å². The number of nitrogens with zero attached hydrogens (tertiary/aromatic N) is 3. The minimum absolute atomic E-state index is 0. The number of hydrogen-bond acceptors (Lipinski definition) is 4. The molecule has 2 heterocycles. The molecule has 0 spiro atoms. The molecule has 3 rings (SSSR count). The van der Waals surface area contributed by atoms with Gasteiger partial charge in [-0.3, -0.25) is 0 Å². The van der Waals surface area contributed by atoms with Crippen LogP contribution in [0.4, 0.5) is 8.78 Å². The number of aliphatic imine (C=N–C) groups is 1. The van der Waals surface area contributed by atoms with E-state index in [-0.39, 0.29) is 36.3 Å². The highest BCUT2D eigenvalue weighted by Gasteiger charge is 2.11. The molecule has 10 heteroatoms. The van der Waals surface area contributed by atoms with E-state index in [9.17, 15) is 8.78 Å². The van der Waals surface area contributed by atoms with Gasteiger partial charge in [-0.25, -0.2) is 9.98 Å². The first-order valence-corrected chi connectivity index (χ1v) is 9.65. The Labute approximate surface area is 196 Å². The maximum Gasteiger partial charge on any atom is 0.387 e. The van der Waals surface area contributed by atoms with Gasteiger partial charge in [0.1, 0.15) is 17.1 Å². The van der Waals surface area contributed by atoms with Crippen molar-refractivity contribution in [2.24, 2.45) is 4.99 Å². The highest BCUT2D eigenvalue weighted by molar-refractivity contribution is 14.0. The Bertz CT molecular complexity index is 964. The molecule has 2 aromatic heterocycles. The average molecular weight is 545 g/mol. The predicted molar refractivity (Wildman–Crippen MR) is 127 cm³/mol. The molecule has 0 saturated heterocycles. The maximum absolute atomic E-state index is 12.7. The lowest BCUT2D eigenvalue weighted by Gasteiger charge is -2.13. The number of ether oxygens (including phenoxy) is 2. The van der Waals surface area contributed by atoms with Gasteiger partial charge in [0, 0.05) is 37.5 Å². The third-order valence-electron chi connectivity index (χ3n) is 4.32. The summed E-state index contributed by atoms with van der Waals surface area (Å²) < 4.78 is 37.1. The number of imidazole rings is 1. The first-order chi connectivity index (χ1) is 14.6. The Morgan fingerprint density at radius 1 is 1.23 bits per heavy atom. The summed E-state index contributed by atoms with van der Waals surface area (Å²) in [6.45, 7) is 0.490. The third-order valence-corrected chi connectivity index (χ3v) is 4.32. The van der Waals surface area contributed by atoms with Crippen LogP contribution in [0.2, 0.25) is 0 Å². The number of rotatable bonds is 9. The van der Waals surface area contributed by atoms with Crippen LogP contribution in [0.5, 0.6) is 11.5 Å². The van der Waals surface area contributed by atoms with Gasteiger partial charge in [-0.15, -0.1) is 24.0 Å². The van der Waals surface area contributed by atoms with Crippen molar-refractivity contribution < 1.29 is 18.3 Å². The molecule has 1 aromatic carbocycles. The van der Waals surface area contributed by atoms with Gasteiger partial charge in [0.2, 0.25) is 0 Å². The van der Waals surface area contributed by atoms with E-state index in [1.165, 1.54) is 13.2 Å². The standard InChI is InChI=1S/C21H25F2N5O2.HI/c1-3-24-21(25-10-9-16-14-28-11-5-4-6-19(28)27-16)26-13-15-12-17(29-2)7-8-18(15)30-20(22)23;/h4-8,11-12,14,20H,3,9-10,13H2,1-2H3,(H2,24,25,26);1H. The molecule has 0 aliphatic rings. The highest BCUT2D eigenvalue weighted by Crippen LogP contribution is 2.26. The number of fused-ring (bicyclic) bond motifs is 1. The summed E-state index contributed by atoms with van der Waals surface area (Å²) in [6, 6.07) is 10.5. The van der Waals surface area contributed by atoms with E-state index in [4.69, 9.17) is 4.74 Å². The molecule has 0 radical (unpaired) electrons. The van der Waals surface area contributed by atoms with Crippen molar-refractivity contribution in [1.29, 1.82) is 0 Å². The van der Waals surface area contributed by atoms with Crippen LogP contribution >= 0.6 is 24.0 Å². The minimum atomic E-state index is -2.90. The SMILES string of the molecule is CCNC(=NCc1cc(OC)ccc1OC(F)F)NCCc1cn2ccccc2n1.I. The number of halogens is 3. The summed E-state index contributed by atoms with van der Waals surface area (Å²) in [5.41, 5.74) is 2.37. The predicted octanol–water partition coefficient (Wildman–Crippen LogP) is 3.86. The molecule has 0 aliphatic carbocycles. The van der Waals surface area contributed by atoms with Crippen LogP contribution in [0.3, 0.4) is 0 Å². The summed E-state index contributed by atoms with van der Waals surface area (Å²) in [7, 11) is 1.51. The molecule has 31 heavy (non-hydrogen) atoms. The van der Waals surface area contributed by atoms with Gasteiger partial charge in [0.15, 0.2) is 5.96 Å². The number of hydrogen-bond donors (Lipinski definition) is 2. The van der Waals surface area contributed by atoms with Crippen molar-refractivity contribution in [3.63, 3.8) is 0 Å². The van der Waals surface area contributed by atoms with Crippen molar-refractivity contribution in [3.05, 3.63) is 60.0 Å². The van der Waals surface area contributed by atoms with Crippen molar-refractivity contribution in [1.82, 2.24) is 20.0 Å².